The molecule has 0 aliphatic rings. The van der Waals surface area contributed by atoms with Gasteiger partial charge >= 0.3 is 11.6 Å². The van der Waals surface area contributed by atoms with Crippen LogP contribution in [0.5, 0.6) is 17.2 Å². The molecule has 0 unspecified atom stereocenters. The molecule has 0 saturated heterocycles. The Labute approximate surface area is 165 Å². The van der Waals surface area contributed by atoms with Gasteiger partial charge in [0.1, 0.15) is 5.56 Å². The molecule has 3 rings (SSSR count). The summed E-state index contributed by atoms with van der Waals surface area (Å²) in [6.45, 7) is -0.552. The number of fused-ring (bicyclic) bond motifs is 1. The van der Waals surface area contributed by atoms with Crippen LogP contribution in [0.25, 0.3) is 11.0 Å². The average molecular weight is 398 g/mol. The molecule has 0 bridgehead atoms. The van der Waals surface area contributed by atoms with Gasteiger partial charge in [-0.3, -0.25) is 4.79 Å². The smallest absolute Gasteiger partial charge is 0.351 e. The van der Waals surface area contributed by atoms with E-state index in [2.05, 4.69) is 0 Å². The van der Waals surface area contributed by atoms with Crippen LogP contribution < -0.4 is 19.8 Å². The normalized spacial score (nSPS) is 10.4. The van der Waals surface area contributed by atoms with E-state index in [0.29, 0.717) is 22.6 Å². The molecule has 0 spiro atoms. The molecule has 29 heavy (non-hydrogen) atoms. The molecule has 8 nitrogen and oxygen atoms in total. The van der Waals surface area contributed by atoms with Crippen molar-refractivity contribution in [1.29, 1.82) is 0 Å². The number of carbonyl (C=O) groups is 2. The predicted octanol–water partition coefficient (Wildman–Crippen LogP) is 2.86. The number of ketones is 1. The summed E-state index contributed by atoms with van der Waals surface area (Å²) in [4.78, 5) is 36.8. The van der Waals surface area contributed by atoms with E-state index in [-0.39, 0.29) is 16.7 Å². The summed E-state index contributed by atoms with van der Waals surface area (Å²) in [5.41, 5.74) is -0.708. The molecule has 0 amide bonds. The lowest BCUT2D eigenvalue weighted by Gasteiger charge is -2.09. The average Bonchev–Trinajstić information content (AvgIpc) is 2.75. The van der Waals surface area contributed by atoms with Gasteiger partial charge in [-0.15, -0.1) is 0 Å². The van der Waals surface area contributed by atoms with Crippen LogP contribution in [-0.4, -0.2) is 39.7 Å². The van der Waals surface area contributed by atoms with E-state index < -0.39 is 24.0 Å². The van der Waals surface area contributed by atoms with Crippen LogP contribution in [0.2, 0.25) is 0 Å². The molecule has 150 valence electrons. The highest BCUT2D eigenvalue weighted by Gasteiger charge is 2.19. The van der Waals surface area contributed by atoms with Gasteiger partial charge in [-0.05, 0) is 30.3 Å². The summed E-state index contributed by atoms with van der Waals surface area (Å²) in [5, 5.41) is 0.488. The molecular weight excluding hydrogens is 380 g/mol. The second-order valence-electron chi connectivity index (χ2n) is 5.90. The number of carbonyl (C=O) groups excluding carboxylic acids is 2. The van der Waals surface area contributed by atoms with E-state index in [1.165, 1.54) is 39.5 Å². The Balaban J connectivity index is 1.78. The van der Waals surface area contributed by atoms with E-state index in [4.69, 9.17) is 23.4 Å². The quantitative estimate of drug-likeness (QED) is 0.340. The zero-order valence-electron chi connectivity index (χ0n) is 16.0. The minimum Gasteiger partial charge on any atom is -0.493 e. The summed E-state index contributed by atoms with van der Waals surface area (Å²) in [6.07, 6.45) is 0. The second-order valence-corrected chi connectivity index (χ2v) is 5.90. The minimum atomic E-state index is -0.961. The van der Waals surface area contributed by atoms with E-state index in [9.17, 15) is 14.4 Å². The third-order valence-electron chi connectivity index (χ3n) is 4.20. The van der Waals surface area contributed by atoms with Crippen LogP contribution in [0.3, 0.4) is 0 Å². The van der Waals surface area contributed by atoms with Gasteiger partial charge < -0.3 is 23.4 Å². The lowest BCUT2D eigenvalue weighted by Crippen LogP contribution is -2.20. The number of methoxy groups -OCH3 is 3. The van der Waals surface area contributed by atoms with Gasteiger partial charge in [0.05, 0.1) is 21.3 Å². The first-order valence-corrected chi connectivity index (χ1v) is 8.51. The van der Waals surface area contributed by atoms with Gasteiger partial charge in [-0.1, -0.05) is 12.1 Å². The highest BCUT2D eigenvalue weighted by Crippen LogP contribution is 2.28. The topological polar surface area (TPSA) is 101 Å². The SMILES string of the molecule is COc1ccc(C(=O)COC(=O)c2cc3cccc(OC)c3oc2=O)cc1OC. The summed E-state index contributed by atoms with van der Waals surface area (Å²) in [5.74, 6) is -0.231. The summed E-state index contributed by atoms with van der Waals surface area (Å²) < 4.78 is 25.6. The summed E-state index contributed by atoms with van der Waals surface area (Å²) >= 11 is 0. The number of esters is 1. The fraction of sp³-hybridized carbons (Fsp3) is 0.190. The number of Topliss-reactive ketones (excluding diaryl/α,β-unsaturated/α-hetero) is 1. The van der Waals surface area contributed by atoms with Crippen molar-refractivity contribution in [1.82, 2.24) is 0 Å². The van der Waals surface area contributed by atoms with Crippen molar-refractivity contribution >= 4 is 22.7 Å². The van der Waals surface area contributed by atoms with Gasteiger partial charge in [0.25, 0.3) is 0 Å². The van der Waals surface area contributed by atoms with Crippen LogP contribution in [0.15, 0.2) is 51.7 Å². The molecule has 3 aromatic rings. The van der Waals surface area contributed by atoms with E-state index >= 15 is 0 Å². The minimum absolute atomic E-state index is 0.220. The molecule has 2 aromatic carbocycles. The van der Waals surface area contributed by atoms with Crippen LogP contribution in [0.1, 0.15) is 20.7 Å². The van der Waals surface area contributed by atoms with Gasteiger partial charge in [0, 0.05) is 10.9 Å². The monoisotopic (exact) mass is 398 g/mol. The Morgan fingerprint density at radius 3 is 2.31 bits per heavy atom. The molecule has 1 aromatic heterocycles. The van der Waals surface area contributed by atoms with Crippen molar-refractivity contribution in [3.63, 3.8) is 0 Å². The molecule has 0 aliphatic carbocycles. The van der Waals surface area contributed by atoms with Crippen molar-refractivity contribution in [3.8, 4) is 17.2 Å². The molecule has 1 heterocycles. The Hall–Kier alpha value is -3.81. The molecule has 0 aliphatic heterocycles. The van der Waals surface area contributed by atoms with Crippen LogP contribution in [0, 0.1) is 0 Å². The van der Waals surface area contributed by atoms with Crippen molar-refractivity contribution in [3.05, 3.63) is 64.0 Å². The van der Waals surface area contributed by atoms with E-state index in [1.54, 1.807) is 24.3 Å². The maximum absolute atomic E-state index is 12.3. The Morgan fingerprint density at radius 1 is 0.897 bits per heavy atom. The Bertz CT molecular complexity index is 1130. The van der Waals surface area contributed by atoms with Crippen LogP contribution in [-0.2, 0) is 4.74 Å². The number of para-hydroxylation sites is 1. The number of benzene rings is 2. The van der Waals surface area contributed by atoms with Crippen molar-refractivity contribution in [2.24, 2.45) is 0 Å². The molecule has 0 N–H and O–H groups in total. The highest BCUT2D eigenvalue weighted by atomic mass is 16.5. The zero-order chi connectivity index (χ0) is 21.0. The molecule has 0 atom stereocenters. The summed E-state index contributed by atoms with van der Waals surface area (Å²) in [7, 11) is 4.36. The maximum Gasteiger partial charge on any atom is 0.351 e. The largest absolute Gasteiger partial charge is 0.493 e. The fourth-order valence-electron chi connectivity index (χ4n) is 2.72. The third kappa shape index (κ3) is 4.06. The standard InChI is InChI=1S/C21H18O8/c1-25-16-8-7-12(10-18(16)27-3)15(22)11-28-20(23)14-9-13-5-4-6-17(26-2)19(13)29-21(14)24/h4-10H,11H2,1-3H3. The number of hydrogen-bond acceptors (Lipinski definition) is 8. The predicted molar refractivity (Wildman–Crippen MR) is 103 cm³/mol. The van der Waals surface area contributed by atoms with Crippen LogP contribution in [0.4, 0.5) is 0 Å². The third-order valence-corrected chi connectivity index (χ3v) is 4.20. The Morgan fingerprint density at radius 2 is 1.62 bits per heavy atom. The van der Waals surface area contributed by atoms with Crippen molar-refractivity contribution in [2.45, 2.75) is 0 Å². The lowest BCUT2D eigenvalue weighted by atomic mass is 10.1. The van der Waals surface area contributed by atoms with Crippen molar-refractivity contribution < 1.29 is 33.0 Å². The second kappa shape index (κ2) is 8.47. The molecule has 0 fully saturated rings. The first-order chi connectivity index (χ1) is 14.0. The van der Waals surface area contributed by atoms with Crippen LogP contribution >= 0.6 is 0 Å². The highest BCUT2D eigenvalue weighted by molar-refractivity contribution is 6.00. The van der Waals surface area contributed by atoms with E-state index in [0.717, 1.165) is 0 Å². The molecule has 8 heteroatoms. The maximum atomic E-state index is 12.3. The fourth-order valence-corrected chi connectivity index (χ4v) is 2.72. The van der Waals surface area contributed by atoms with Gasteiger partial charge in [-0.25, -0.2) is 9.59 Å². The Kier molecular flexibility index (Phi) is 5.82. The number of rotatable bonds is 7. The van der Waals surface area contributed by atoms with Gasteiger partial charge in [-0.2, -0.15) is 0 Å². The molecule has 0 radical (unpaired) electrons. The molecular formula is C21H18O8. The summed E-state index contributed by atoms with van der Waals surface area (Å²) in [6, 6.07) is 10.9. The van der Waals surface area contributed by atoms with Crippen molar-refractivity contribution in [2.75, 3.05) is 27.9 Å². The first kappa shape index (κ1) is 19.9. The number of ether oxygens (including phenoxy) is 4. The zero-order valence-corrected chi connectivity index (χ0v) is 16.0. The lowest BCUT2D eigenvalue weighted by molar-refractivity contribution is 0.0470. The van der Waals surface area contributed by atoms with E-state index in [1.807, 2.05) is 0 Å². The van der Waals surface area contributed by atoms with Gasteiger partial charge in [0.2, 0.25) is 0 Å². The number of hydrogen-bond donors (Lipinski definition) is 0. The van der Waals surface area contributed by atoms with Gasteiger partial charge in [0.15, 0.2) is 35.2 Å². The first-order valence-electron chi connectivity index (χ1n) is 8.51. The molecule has 0 saturated carbocycles.